The van der Waals surface area contributed by atoms with E-state index < -0.39 is 0 Å². The Labute approximate surface area is 130 Å². The molecule has 1 fully saturated rings. The minimum absolute atomic E-state index is 0.586. The highest BCUT2D eigenvalue weighted by Crippen LogP contribution is 2.23. The lowest BCUT2D eigenvalue weighted by Gasteiger charge is -2.12. The van der Waals surface area contributed by atoms with Gasteiger partial charge in [-0.2, -0.15) is 0 Å². The summed E-state index contributed by atoms with van der Waals surface area (Å²) in [7, 11) is 0. The smallest absolute Gasteiger partial charge is 0.119 e. The maximum Gasteiger partial charge on any atom is 0.119 e. The molecule has 0 amide bonds. The maximum atomic E-state index is 5.86. The molecule has 21 heavy (non-hydrogen) atoms. The van der Waals surface area contributed by atoms with Crippen LogP contribution in [0.25, 0.3) is 0 Å². The van der Waals surface area contributed by atoms with Crippen LogP contribution in [0.1, 0.15) is 69.4 Å². The first kappa shape index (κ1) is 16.4. The van der Waals surface area contributed by atoms with Gasteiger partial charge in [0.05, 0.1) is 6.61 Å². The lowest BCUT2D eigenvalue weighted by molar-refractivity contribution is 0.304. The van der Waals surface area contributed by atoms with Gasteiger partial charge in [0.2, 0.25) is 0 Å². The first-order valence-corrected chi connectivity index (χ1v) is 8.63. The predicted octanol–water partition coefficient (Wildman–Crippen LogP) is 4.81. The van der Waals surface area contributed by atoms with E-state index in [1.165, 1.54) is 49.8 Å². The quantitative estimate of drug-likeness (QED) is 0.624. The van der Waals surface area contributed by atoms with E-state index in [2.05, 4.69) is 44.3 Å². The highest BCUT2D eigenvalue weighted by molar-refractivity contribution is 5.36. The molecule has 0 radical (unpaired) electrons. The van der Waals surface area contributed by atoms with Gasteiger partial charge in [-0.15, -0.1) is 0 Å². The summed E-state index contributed by atoms with van der Waals surface area (Å²) in [4.78, 5) is 0. The normalized spacial score (nSPS) is 14.7. The summed E-state index contributed by atoms with van der Waals surface area (Å²) in [6.45, 7) is 8.69. The van der Waals surface area contributed by atoms with Crippen LogP contribution in [-0.2, 0) is 0 Å². The number of aryl methyl sites for hydroxylation is 1. The summed E-state index contributed by atoms with van der Waals surface area (Å²) >= 11 is 0. The van der Waals surface area contributed by atoms with Gasteiger partial charge in [-0.1, -0.05) is 32.8 Å². The SMILES string of the molecule is Cc1cc(OCCCCCCNC2CC2)ccc1C(C)C. The van der Waals surface area contributed by atoms with Crippen LogP contribution < -0.4 is 10.1 Å². The zero-order chi connectivity index (χ0) is 15.1. The van der Waals surface area contributed by atoms with Gasteiger partial charge < -0.3 is 10.1 Å². The minimum Gasteiger partial charge on any atom is -0.494 e. The molecule has 0 unspecified atom stereocenters. The molecular weight excluding hydrogens is 258 g/mol. The van der Waals surface area contributed by atoms with Gasteiger partial charge in [-0.25, -0.2) is 0 Å². The molecule has 118 valence electrons. The van der Waals surface area contributed by atoms with Crippen molar-refractivity contribution in [3.05, 3.63) is 29.3 Å². The Kier molecular flexibility index (Phi) is 6.56. The lowest BCUT2D eigenvalue weighted by Crippen LogP contribution is -2.17. The average molecular weight is 289 g/mol. The van der Waals surface area contributed by atoms with Crippen LogP contribution in [0.5, 0.6) is 5.75 Å². The van der Waals surface area contributed by atoms with E-state index in [1.807, 2.05) is 0 Å². The van der Waals surface area contributed by atoms with Gasteiger partial charge in [0.15, 0.2) is 0 Å². The second kappa shape index (κ2) is 8.43. The third kappa shape index (κ3) is 6.09. The number of ether oxygens (including phenoxy) is 1. The minimum atomic E-state index is 0.586. The number of hydrogen-bond acceptors (Lipinski definition) is 2. The number of hydrogen-bond donors (Lipinski definition) is 1. The average Bonchev–Trinajstić information content (AvgIpc) is 3.25. The summed E-state index contributed by atoms with van der Waals surface area (Å²) in [6, 6.07) is 7.35. The number of rotatable bonds is 10. The summed E-state index contributed by atoms with van der Waals surface area (Å²) in [5.74, 6) is 1.61. The van der Waals surface area contributed by atoms with Gasteiger partial charge in [0, 0.05) is 6.04 Å². The van der Waals surface area contributed by atoms with Crippen LogP contribution in [0.4, 0.5) is 0 Å². The van der Waals surface area contributed by atoms with Crippen molar-refractivity contribution in [2.75, 3.05) is 13.2 Å². The molecule has 0 bridgehead atoms. The van der Waals surface area contributed by atoms with Gasteiger partial charge >= 0.3 is 0 Å². The summed E-state index contributed by atoms with van der Waals surface area (Å²) in [6.07, 6.45) is 7.84. The van der Waals surface area contributed by atoms with Crippen molar-refractivity contribution in [1.29, 1.82) is 0 Å². The molecule has 0 aromatic heterocycles. The van der Waals surface area contributed by atoms with Crippen molar-refractivity contribution < 1.29 is 4.74 Å². The highest BCUT2D eigenvalue weighted by Gasteiger charge is 2.19. The highest BCUT2D eigenvalue weighted by atomic mass is 16.5. The number of unbranched alkanes of at least 4 members (excludes halogenated alkanes) is 3. The van der Waals surface area contributed by atoms with Crippen molar-refractivity contribution in [1.82, 2.24) is 5.32 Å². The zero-order valence-corrected chi connectivity index (χ0v) is 14.0. The number of nitrogens with one attached hydrogen (secondary N) is 1. The molecule has 2 nitrogen and oxygen atoms in total. The summed E-state index contributed by atoms with van der Waals surface area (Å²) in [5, 5.41) is 3.56. The fraction of sp³-hybridized carbons (Fsp3) is 0.684. The fourth-order valence-corrected chi connectivity index (χ4v) is 2.75. The van der Waals surface area contributed by atoms with Gasteiger partial charge in [-0.3, -0.25) is 0 Å². The van der Waals surface area contributed by atoms with Crippen molar-refractivity contribution in [2.24, 2.45) is 0 Å². The molecule has 0 atom stereocenters. The Bertz CT molecular complexity index is 424. The lowest BCUT2D eigenvalue weighted by atomic mass is 9.98. The monoisotopic (exact) mass is 289 g/mol. The van der Waals surface area contributed by atoms with E-state index in [4.69, 9.17) is 4.74 Å². The molecule has 1 aromatic carbocycles. The van der Waals surface area contributed by atoms with E-state index in [1.54, 1.807) is 0 Å². The molecule has 1 aliphatic rings. The van der Waals surface area contributed by atoms with E-state index in [0.29, 0.717) is 5.92 Å². The van der Waals surface area contributed by atoms with Gasteiger partial charge in [0.1, 0.15) is 5.75 Å². The van der Waals surface area contributed by atoms with E-state index >= 15 is 0 Å². The third-order valence-electron chi connectivity index (χ3n) is 4.21. The van der Waals surface area contributed by atoms with Crippen LogP contribution in [-0.4, -0.2) is 19.2 Å². The molecule has 1 saturated carbocycles. The van der Waals surface area contributed by atoms with E-state index in [0.717, 1.165) is 24.8 Å². The second-order valence-electron chi connectivity index (χ2n) is 6.66. The first-order chi connectivity index (χ1) is 10.2. The molecule has 1 N–H and O–H groups in total. The first-order valence-electron chi connectivity index (χ1n) is 8.63. The van der Waals surface area contributed by atoms with Crippen LogP contribution in [0.3, 0.4) is 0 Å². The second-order valence-corrected chi connectivity index (χ2v) is 6.66. The van der Waals surface area contributed by atoms with Gasteiger partial charge in [0.25, 0.3) is 0 Å². The molecule has 0 heterocycles. The standard InChI is InChI=1S/C19H31NO/c1-15(2)19-11-10-18(14-16(19)3)21-13-7-5-4-6-12-20-17-8-9-17/h10-11,14-15,17,20H,4-9,12-13H2,1-3H3. The molecule has 0 spiro atoms. The Morgan fingerprint density at radius 3 is 2.57 bits per heavy atom. The summed E-state index contributed by atoms with van der Waals surface area (Å²) < 4.78 is 5.86. The van der Waals surface area contributed by atoms with Crippen molar-refractivity contribution in [3.8, 4) is 5.75 Å². The topological polar surface area (TPSA) is 21.3 Å². The molecule has 1 aromatic rings. The Balaban J connectivity index is 1.54. The summed E-state index contributed by atoms with van der Waals surface area (Å²) in [5.41, 5.74) is 2.76. The Morgan fingerprint density at radius 1 is 1.14 bits per heavy atom. The Hall–Kier alpha value is -1.02. The maximum absolute atomic E-state index is 5.86. The van der Waals surface area contributed by atoms with Crippen molar-refractivity contribution in [3.63, 3.8) is 0 Å². The largest absolute Gasteiger partial charge is 0.494 e. The molecule has 2 rings (SSSR count). The predicted molar refractivity (Wildman–Crippen MR) is 90.3 cm³/mol. The van der Waals surface area contributed by atoms with Gasteiger partial charge in [-0.05, 0) is 68.3 Å². The fourth-order valence-electron chi connectivity index (χ4n) is 2.75. The van der Waals surface area contributed by atoms with Crippen LogP contribution >= 0.6 is 0 Å². The number of benzene rings is 1. The molecule has 2 heteroatoms. The molecule has 0 aliphatic heterocycles. The Morgan fingerprint density at radius 2 is 1.90 bits per heavy atom. The molecule has 1 aliphatic carbocycles. The van der Waals surface area contributed by atoms with Crippen LogP contribution in [0.2, 0.25) is 0 Å². The van der Waals surface area contributed by atoms with Crippen molar-refractivity contribution >= 4 is 0 Å². The third-order valence-corrected chi connectivity index (χ3v) is 4.21. The van der Waals surface area contributed by atoms with Crippen molar-refractivity contribution in [2.45, 2.75) is 71.3 Å². The van der Waals surface area contributed by atoms with E-state index in [-0.39, 0.29) is 0 Å². The van der Waals surface area contributed by atoms with Crippen LogP contribution in [0, 0.1) is 6.92 Å². The zero-order valence-electron chi connectivity index (χ0n) is 14.0. The van der Waals surface area contributed by atoms with E-state index in [9.17, 15) is 0 Å². The molecular formula is C19H31NO. The van der Waals surface area contributed by atoms with Crippen LogP contribution in [0.15, 0.2) is 18.2 Å². The molecule has 0 saturated heterocycles.